The van der Waals surface area contributed by atoms with Crippen LogP contribution in [0.5, 0.6) is 0 Å². The second kappa shape index (κ2) is 6.19. The normalized spacial score (nSPS) is 13.2. The first-order valence-corrected chi connectivity index (χ1v) is 8.92. The van der Waals surface area contributed by atoms with Crippen LogP contribution in [0.1, 0.15) is 27.7 Å². The van der Waals surface area contributed by atoms with Crippen LogP contribution < -0.4 is 5.32 Å². The lowest BCUT2D eigenvalue weighted by atomic mass is 9.88. The summed E-state index contributed by atoms with van der Waals surface area (Å²) in [6.45, 7) is 8.28. The Kier molecular flexibility index (Phi) is 3.95. The van der Waals surface area contributed by atoms with E-state index in [0.717, 1.165) is 33.2 Å². The summed E-state index contributed by atoms with van der Waals surface area (Å²) in [7, 11) is 0. The molecule has 3 aromatic heterocycles. The first-order valence-electron chi connectivity index (χ1n) is 8.92. The number of hydrogen-bond donors (Lipinski definition) is 2. The molecule has 4 aromatic rings. The lowest BCUT2D eigenvalue weighted by Crippen LogP contribution is -2.43. The van der Waals surface area contributed by atoms with Crippen molar-refractivity contribution in [3.05, 3.63) is 43.0 Å². The van der Waals surface area contributed by atoms with Crippen molar-refractivity contribution in [3.8, 4) is 11.3 Å². The molecular weight excluding hydrogens is 340 g/mol. The number of hydrogen-bond acceptors (Lipinski definition) is 4. The van der Waals surface area contributed by atoms with E-state index in [2.05, 4.69) is 46.1 Å². The third kappa shape index (κ3) is 3.05. The fourth-order valence-corrected chi connectivity index (χ4v) is 2.88. The molecule has 0 radical (unpaired) electrons. The van der Waals surface area contributed by atoms with Gasteiger partial charge in [-0.2, -0.15) is 9.78 Å². The van der Waals surface area contributed by atoms with Crippen molar-refractivity contribution in [2.75, 3.05) is 0 Å². The third-order valence-electron chi connectivity index (χ3n) is 5.01. The lowest BCUT2D eigenvalue weighted by Gasteiger charge is -2.27. The fourth-order valence-electron chi connectivity index (χ4n) is 2.88. The van der Waals surface area contributed by atoms with E-state index < -0.39 is 0 Å². The van der Waals surface area contributed by atoms with Crippen LogP contribution in [0.3, 0.4) is 0 Å². The molecule has 4 rings (SSSR count). The SMILES string of the molecule is C[C@@H](NC(=O)n1nc(-c2ccncc2)c2cc3nc[nH]c3cc21)C(C)(C)C. The summed E-state index contributed by atoms with van der Waals surface area (Å²) < 4.78 is 1.44. The average molecular weight is 362 g/mol. The highest BCUT2D eigenvalue weighted by Gasteiger charge is 2.24. The number of benzene rings is 1. The lowest BCUT2D eigenvalue weighted by molar-refractivity contribution is 0.222. The van der Waals surface area contributed by atoms with Gasteiger partial charge in [0.25, 0.3) is 0 Å². The van der Waals surface area contributed by atoms with Gasteiger partial charge in [-0.25, -0.2) is 9.78 Å². The molecule has 0 aliphatic carbocycles. The molecule has 7 nitrogen and oxygen atoms in total. The summed E-state index contributed by atoms with van der Waals surface area (Å²) in [5.74, 6) is 0. The Morgan fingerprint density at radius 2 is 1.96 bits per heavy atom. The zero-order valence-corrected chi connectivity index (χ0v) is 15.8. The van der Waals surface area contributed by atoms with E-state index in [-0.39, 0.29) is 17.5 Å². The Morgan fingerprint density at radius 1 is 1.22 bits per heavy atom. The van der Waals surface area contributed by atoms with Crippen LogP contribution in [0.2, 0.25) is 0 Å². The van der Waals surface area contributed by atoms with Crippen LogP contribution in [0.4, 0.5) is 4.79 Å². The number of H-pyrrole nitrogens is 1. The standard InChI is InChI=1S/C20H22N6O/c1-12(20(2,3)4)24-19(27)26-17-10-16-15(22-11-23-16)9-14(17)18(25-26)13-5-7-21-8-6-13/h5-12H,1-4H3,(H,22,23)(H,24,27)/t12-/m1/s1. The van der Waals surface area contributed by atoms with Crippen molar-refractivity contribution in [1.82, 2.24) is 30.0 Å². The van der Waals surface area contributed by atoms with Gasteiger partial charge in [0.2, 0.25) is 0 Å². The molecule has 1 atom stereocenters. The zero-order chi connectivity index (χ0) is 19.2. The van der Waals surface area contributed by atoms with E-state index in [4.69, 9.17) is 0 Å². The molecule has 0 unspecified atom stereocenters. The number of carbonyl (C=O) groups excluding carboxylic acids is 1. The van der Waals surface area contributed by atoms with Crippen LogP contribution >= 0.6 is 0 Å². The average Bonchev–Trinajstić information content (AvgIpc) is 3.23. The maximum Gasteiger partial charge on any atom is 0.342 e. The summed E-state index contributed by atoms with van der Waals surface area (Å²) in [5.41, 5.74) is 4.01. The molecule has 2 N–H and O–H groups in total. The Bertz CT molecular complexity index is 1120. The molecule has 0 saturated carbocycles. The number of nitrogens with one attached hydrogen (secondary N) is 2. The molecule has 0 aliphatic rings. The smallest absolute Gasteiger partial charge is 0.342 e. The first-order chi connectivity index (χ1) is 12.8. The van der Waals surface area contributed by atoms with Crippen molar-refractivity contribution in [2.45, 2.75) is 33.7 Å². The number of amides is 1. The van der Waals surface area contributed by atoms with Gasteiger partial charge in [-0.05, 0) is 36.6 Å². The monoisotopic (exact) mass is 362 g/mol. The Labute approximate surface area is 156 Å². The molecular formula is C20H22N6O. The number of fused-ring (bicyclic) bond motifs is 2. The largest absolute Gasteiger partial charge is 0.345 e. The van der Waals surface area contributed by atoms with Crippen molar-refractivity contribution in [3.63, 3.8) is 0 Å². The van der Waals surface area contributed by atoms with Gasteiger partial charge in [0.05, 0.1) is 22.9 Å². The minimum absolute atomic E-state index is 0.00971. The molecule has 0 fully saturated rings. The summed E-state index contributed by atoms with van der Waals surface area (Å²) in [5, 5.41) is 8.57. The maximum atomic E-state index is 13.0. The van der Waals surface area contributed by atoms with Gasteiger partial charge in [-0.3, -0.25) is 4.98 Å². The highest BCUT2D eigenvalue weighted by atomic mass is 16.2. The number of pyridine rings is 1. The van der Waals surface area contributed by atoms with E-state index in [9.17, 15) is 4.79 Å². The first kappa shape index (κ1) is 17.2. The maximum absolute atomic E-state index is 13.0. The molecule has 3 heterocycles. The molecule has 1 aromatic carbocycles. The van der Waals surface area contributed by atoms with Gasteiger partial charge in [-0.15, -0.1) is 0 Å². The van der Waals surface area contributed by atoms with Gasteiger partial charge in [0, 0.05) is 29.4 Å². The van der Waals surface area contributed by atoms with Gasteiger partial charge in [-0.1, -0.05) is 20.8 Å². The van der Waals surface area contributed by atoms with E-state index in [1.54, 1.807) is 18.7 Å². The number of nitrogens with zero attached hydrogens (tertiary/aromatic N) is 4. The molecule has 0 bridgehead atoms. The van der Waals surface area contributed by atoms with E-state index in [1.807, 2.05) is 31.2 Å². The van der Waals surface area contributed by atoms with Gasteiger partial charge >= 0.3 is 6.03 Å². The topological polar surface area (TPSA) is 88.5 Å². The van der Waals surface area contributed by atoms with Crippen LogP contribution in [0, 0.1) is 5.41 Å². The Balaban J connectivity index is 1.88. The second-order valence-electron chi connectivity index (χ2n) is 7.82. The van der Waals surface area contributed by atoms with Crippen LogP contribution in [-0.2, 0) is 0 Å². The molecule has 0 spiro atoms. The van der Waals surface area contributed by atoms with Crippen molar-refractivity contribution in [1.29, 1.82) is 0 Å². The quantitative estimate of drug-likeness (QED) is 0.565. The Morgan fingerprint density at radius 3 is 2.67 bits per heavy atom. The highest BCUT2D eigenvalue weighted by molar-refractivity contribution is 6.04. The minimum Gasteiger partial charge on any atom is -0.345 e. The predicted molar refractivity (Wildman–Crippen MR) is 105 cm³/mol. The number of aromatic amines is 1. The predicted octanol–water partition coefficient (Wildman–Crippen LogP) is 3.97. The fraction of sp³-hybridized carbons (Fsp3) is 0.300. The van der Waals surface area contributed by atoms with E-state index in [1.165, 1.54) is 4.68 Å². The van der Waals surface area contributed by atoms with E-state index in [0.29, 0.717) is 0 Å². The van der Waals surface area contributed by atoms with Crippen molar-refractivity contribution >= 4 is 28.0 Å². The second-order valence-corrected chi connectivity index (χ2v) is 7.82. The number of imidazole rings is 1. The van der Waals surface area contributed by atoms with Crippen LogP contribution in [-0.4, -0.2) is 36.8 Å². The zero-order valence-electron chi connectivity index (χ0n) is 15.8. The number of carbonyl (C=O) groups is 1. The van der Waals surface area contributed by atoms with Gasteiger partial charge in [0.1, 0.15) is 5.69 Å². The molecule has 138 valence electrons. The van der Waals surface area contributed by atoms with Crippen molar-refractivity contribution in [2.24, 2.45) is 5.41 Å². The van der Waals surface area contributed by atoms with Crippen LogP contribution in [0.25, 0.3) is 33.2 Å². The molecule has 27 heavy (non-hydrogen) atoms. The molecule has 0 aliphatic heterocycles. The number of rotatable bonds is 2. The van der Waals surface area contributed by atoms with Gasteiger partial charge < -0.3 is 10.3 Å². The summed E-state index contributed by atoms with van der Waals surface area (Å²) in [6.07, 6.45) is 5.08. The number of aromatic nitrogens is 5. The highest BCUT2D eigenvalue weighted by Crippen LogP contribution is 2.30. The molecule has 7 heteroatoms. The minimum atomic E-state index is -0.249. The summed E-state index contributed by atoms with van der Waals surface area (Å²) >= 11 is 0. The summed E-state index contributed by atoms with van der Waals surface area (Å²) in [4.78, 5) is 24.5. The van der Waals surface area contributed by atoms with Gasteiger partial charge in [0.15, 0.2) is 0 Å². The molecule has 1 amide bonds. The van der Waals surface area contributed by atoms with E-state index >= 15 is 0 Å². The molecule has 0 saturated heterocycles. The Hall–Kier alpha value is -3.22. The summed E-state index contributed by atoms with van der Waals surface area (Å²) in [6, 6.07) is 7.39. The third-order valence-corrected chi connectivity index (χ3v) is 5.01. The van der Waals surface area contributed by atoms with Crippen LogP contribution in [0.15, 0.2) is 43.0 Å². The van der Waals surface area contributed by atoms with Crippen molar-refractivity contribution < 1.29 is 4.79 Å².